The SMILES string of the molecule is Clc1ccc(-c2noc(CSc3ccc(-c4ccc5c(c4)OCO5)nn3)n2)cc1. The van der Waals surface area contributed by atoms with Crippen LogP contribution in [0.15, 0.2) is 64.1 Å². The number of fused-ring (bicyclic) bond motifs is 1. The van der Waals surface area contributed by atoms with E-state index in [1.165, 1.54) is 11.8 Å². The van der Waals surface area contributed by atoms with Gasteiger partial charge in [0.05, 0.1) is 11.4 Å². The van der Waals surface area contributed by atoms with Crippen molar-refractivity contribution in [2.45, 2.75) is 10.8 Å². The van der Waals surface area contributed by atoms with E-state index in [0.29, 0.717) is 22.5 Å². The zero-order chi connectivity index (χ0) is 19.6. The van der Waals surface area contributed by atoms with Gasteiger partial charge in [-0.05, 0) is 54.6 Å². The second-order valence-corrected chi connectivity index (χ2v) is 7.56. The molecule has 0 atom stereocenters. The minimum Gasteiger partial charge on any atom is -0.454 e. The summed E-state index contributed by atoms with van der Waals surface area (Å²) < 4.78 is 16.1. The fraction of sp³-hybridized carbons (Fsp3) is 0.100. The zero-order valence-electron chi connectivity index (χ0n) is 14.9. The Morgan fingerprint density at radius 1 is 0.897 bits per heavy atom. The van der Waals surface area contributed by atoms with Crippen LogP contribution >= 0.6 is 23.4 Å². The molecule has 7 nitrogen and oxygen atoms in total. The molecule has 0 saturated heterocycles. The van der Waals surface area contributed by atoms with E-state index in [1.807, 2.05) is 42.5 Å². The molecule has 1 aliphatic rings. The fourth-order valence-electron chi connectivity index (χ4n) is 2.77. The fourth-order valence-corrected chi connectivity index (χ4v) is 3.55. The molecule has 5 rings (SSSR count). The summed E-state index contributed by atoms with van der Waals surface area (Å²) in [6.45, 7) is 0.245. The van der Waals surface area contributed by atoms with E-state index in [-0.39, 0.29) is 6.79 Å². The van der Waals surface area contributed by atoms with Crippen molar-refractivity contribution in [2.75, 3.05) is 6.79 Å². The standard InChI is InChI=1S/C20H13ClN4O3S/c21-14-4-1-12(2-5-14)20-22-18(28-25-20)10-29-19-8-6-15(23-24-19)13-3-7-16-17(9-13)27-11-26-16/h1-9H,10-11H2. The van der Waals surface area contributed by atoms with Crippen molar-refractivity contribution in [1.29, 1.82) is 0 Å². The first-order chi connectivity index (χ1) is 14.2. The van der Waals surface area contributed by atoms with Crippen LogP contribution in [0.4, 0.5) is 0 Å². The van der Waals surface area contributed by atoms with Crippen LogP contribution in [-0.4, -0.2) is 27.1 Å². The number of benzene rings is 2. The van der Waals surface area contributed by atoms with Gasteiger partial charge in [0.1, 0.15) is 5.03 Å². The second-order valence-electron chi connectivity index (χ2n) is 6.13. The van der Waals surface area contributed by atoms with Crippen molar-refractivity contribution in [3.63, 3.8) is 0 Å². The van der Waals surface area contributed by atoms with Gasteiger partial charge in [0.15, 0.2) is 11.5 Å². The maximum absolute atomic E-state index is 5.90. The lowest BCUT2D eigenvalue weighted by Crippen LogP contribution is -1.93. The first-order valence-corrected chi connectivity index (χ1v) is 10.1. The Bertz CT molecular complexity index is 1150. The molecule has 9 heteroatoms. The number of halogens is 1. The summed E-state index contributed by atoms with van der Waals surface area (Å²) in [6.07, 6.45) is 0. The minimum absolute atomic E-state index is 0.245. The first kappa shape index (κ1) is 18.0. The van der Waals surface area contributed by atoms with E-state index in [1.54, 1.807) is 12.1 Å². The van der Waals surface area contributed by atoms with E-state index in [0.717, 1.165) is 33.3 Å². The van der Waals surface area contributed by atoms with Gasteiger partial charge in [-0.15, -0.1) is 10.2 Å². The lowest BCUT2D eigenvalue weighted by atomic mass is 10.1. The molecule has 0 amide bonds. The Morgan fingerprint density at radius 3 is 2.55 bits per heavy atom. The molecule has 29 heavy (non-hydrogen) atoms. The molecule has 4 aromatic rings. The van der Waals surface area contributed by atoms with Crippen molar-refractivity contribution >= 4 is 23.4 Å². The first-order valence-electron chi connectivity index (χ1n) is 8.70. The van der Waals surface area contributed by atoms with Gasteiger partial charge in [0, 0.05) is 16.1 Å². The van der Waals surface area contributed by atoms with Crippen molar-refractivity contribution < 1.29 is 14.0 Å². The summed E-state index contributed by atoms with van der Waals surface area (Å²) in [4.78, 5) is 4.41. The Balaban J connectivity index is 1.24. The third-order valence-electron chi connectivity index (χ3n) is 4.22. The maximum atomic E-state index is 5.90. The summed E-state index contributed by atoms with van der Waals surface area (Å²) in [5.74, 6) is 3.00. The Labute approximate surface area is 175 Å². The van der Waals surface area contributed by atoms with Crippen molar-refractivity contribution in [3.8, 4) is 34.1 Å². The molecule has 144 valence electrons. The van der Waals surface area contributed by atoms with Gasteiger partial charge in [0.2, 0.25) is 18.5 Å². The largest absolute Gasteiger partial charge is 0.454 e. The van der Waals surface area contributed by atoms with Crippen LogP contribution in [0, 0.1) is 0 Å². The quantitative estimate of drug-likeness (QED) is 0.419. The van der Waals surface area contributed by atoms with Gasteiger partial charge in [-0.1, -0.05) is 28.5 Å². The van der Waals surface area contributed by atoms with Crippen LogP contribution in [0.5, 0.6) is 11.5 Å². The third-order valence-corrected chi connectivity index (χ3v) is 5.38. The molecule has 0 saturated carbocycles. The van der Waals surface area contributed by atoms with Crippen molar-refractivity contribution in [1.82, 2.24) is 20.3 Å². The minimum atomic E-state index is 0.245. The molecular weight excluding hydrogens is 412 g/mol. The van der Waals surface area contributed by atoms with Gasteiger partial charge < -0.3 is 14.0 Å². The smallest absolute Gasteiger partial charge is 0.237 e. The molecule has 0 fully saturated rings. The van der Waals surface area contributed by atoms with Crippen LogP contribution in [-0.2, 0) is 5.75 Å². The highest BCUT2D eigenvalue weighted by Gasteiger charge is 2.15. The molecule has 0 N–H and O–H groups in total. The average molecular weight is 425 g/mol. The van der Waals surface area contributed by atoms with E-state index in [4.69, 9.17) is 25.6 Å². The van der Waals surface area contributed by atoms with E-state index in [9.17, 15) is 0 Å². The molecule has 1 aliphatic heterocycles. The zero-order valence-corrected chi connectivity index (χ0v) is 16.5. The topological polar surface area (TPSA) is 83.2 Å². The lowest BCUT2D eigenvalue weighted by Gasteiger charge is -2.03. The number of aromatic nitrogens is 4. The van der Waals surface area contributed by atoms with Crippen molar-refractivity contribution in [3.05, 3.63) is 65.5 Å². The highest BCUT2D eigenvalue weighted by molar-refractivity contribution is 7.98. The van der Waals surface area contributed by atoms with Crippen LogP contribution in [0.25, 0.3) is 22.6 Å². The monoisotopic (exact) mass is 424 g/mol. The number of nitrogens with zero attached hydrogens (tertiary/aromatic N) is 4. The average Bonchev–Trinajstić information content (AvgIpc) is 3.42. The molecule has 0 unspecified atom stereocenters. The maximum Gasteiger partial charge on any atom is 0.237 e. The van der Waals surface area contributed by atoms with Crippen LogP contribution < -0.4 is 9.47 Å². The van der Waals surface area contributed by atoms with Gasteiger partial charge in [-0.2, -0.15) is 4.98 Å². The Hall–Kier alpha value is -3.10. The molecular formula is C20H13ClN4O3S. The number of ether oxygens (including phenoxy) is 2. The van der Waals surface area contributed by atoms with Gasteiger partial charge in [-0.3, -0.25) is 0 Å². The number of hydrogen-bond donors (Lipinski definition) is 0. The number of thioether (sulfide) groups is 1. The molecule has 0 aliphatic carbocycles. The summed E-state index contributed by atoms with van der Waals surface area (Å²) in [5.41, 5.74) is 2.53. The predicted octanol–water partition coefficient (Wildman–Crippen LogP) is 4.87. The van der Waals surface area contributed by atoms with E-state index < -0.39 is 0 Å². The molecule has 2 aromatic carbocycles. The van der Waals surface area contributed by atoms with Crippen LogP contribution in [0.1, 0.15) is 5.89 Å². The Morgan fingerprint density at radius 2 is 1.72 bits per heavy atom. The van der Waals surface area contributed by atoms with E-state index >= 15 is 0 Å². The summed E-state index contributed by atoms with van der Waals surface area (Å²) in [5, 5.41) is 14.0. The summed E-state index contributed by atoms with van der Waals surface area (Å²) >= 11 is 7.38. The van der Waals surface area contributed by atoms with Crippen molar-refractivity contribution in [2.24, 2.45) is 0 Å². The van der Waals surface area contributed by atoms with Crippen LogP contribution in [0.2, 0.25) is 5.02 Å². The van der Waals surface area contributed by atoms with Gasteiger partial charge in [-0.25, -0.2) is 0 Å². The third kappa shape index (κ3) is 3.90. The van der Waals surface area contributed by atoms with Crippen LogP contribution in [0.3, 0.4) is 0 Å². The number of rotatable bonds is 5. The molecule has 0 bridgehead atoms. The molecule has 0 radical (unpaired) electrons. The Kier molecular flexibility index (Phi) is 4.79. The normalized spacial score (nSPS) is 12.3. The molecule has 0 spiro atoms. The van der Waals surface area contributed by atoms with E-state index in [2.05, 4.69) is 20.3 Å². The number of hydrogen-bond acceptors (Lipinski definition) is 8. The lowest BCUT2D eigenvalue weighted by molar-refractivity contribution is 0.174. The second kappa shape index (κ2) is 7.73. The highest BCUT2D eigenvalue weighted by Crippen LogP contribution is 2.35. The summed E-state index contributed by atoms with van der Waals surface area (Å²) in [6, 6.07) is 16.8. The highest BCUT2D eigenvalue weighted by atomic mass is 35.5. The predicted molar refractivity (Wildman–Crippen MR) is 108 cm³/mol. The molecule has 2 aromatic heterocycles. The van der Waals surface area contributed by atoms with Gasteiger partial charge in [0.25, 0.3) is 0 Å². The molecule has 3 heterocycles. The van der Waals surface area contributed by atoms with Gasteiger partial charge >= 0.3 is 0 Å². The summed E-state index contributed by atoms with van der Waals surface area (Å²) in [7, 11) is 0.